The van der Waals surface area contributed by atoms with Gasteiger partial charge >= 0.3 is 0 Å². The highest BCUT2D eigenvalue weighted by atomic mass is 32.2. The Balaban J connectivity index is 2.76. The number of anilines is 1. The van der Waals surface area contributed by atoms with Gasteiger partial charge in [-0.3, -0.25) is 0 Å². The van der Waals surface area contributed by atoms with E-state index >= 15 is 0 Å². The summed E-state index contributed by atoms with van der Waals surface area (Å²) in [6.07, 6.45) is 1.09. The molecule has 0 saturated heterocycles. The minimum atomic E-state index is -3.31. The maximum Gasteiger partial charge on any atom is 0.209 e. The van der Waals surface area contributed by atoms with E-state index in [0.717, 1.165) is 6.26 Å². The zero-order valence-electron chi connectivity index (χ0n) is 11.5. The number of rotatable bonds is 6. The number of sulfonamides is 1. The van der Waals surface area contributed by atoms with Crippen LogP contribution in [-0.4, -0.2) is 31.7 Å². The van der Waals surface area contributed by atoms with E-state index in [-0.39, 0.29) is 10.6 Å². The number of hydrogen-bond donors (Lipinski definition) is 3. The molecule has 0 unspecified atom stereocenters. The smallest absolute Gasteiger partial charge is 0.209 e. The zero-order chi connectivity index (χ0) is 15.6. The molecular weight excluding hydrogens is 301 g/mol. The van der Waals surface area contributed by atoms with Crippen LogP contribution in [0.2, 0.25) is 0 Å². The topological polar surface area (TPSA) is 84.2 Å². The Hall–Kier alpha value is -1.25. The monoisotopic (exact) mass is 319 g/mol. The number of benzene rings is 1. The lowest BCUT2D eigenvalue weighted by Crippen LogP contribution is -2.47. The molecule has 0 aromatic heterocycles. The summed E-state index contributed by atoms with van der Waals surface area (Å²) in [5.74, 6) is -0.517. The predicted octanol–water partition coefficient (Wildman–Crippen LogP) is 1.20. The molecule has 0 heterocycles. The van der Waals surface area contributed by atoms with Gasteiger partial charge in [-0.05, 0) is 32.0 Å². The molecule has 0 aliphatic carbocycles. The molecule has 1 aromatic carbocycles. The second-order valence-electron chi connectivity index (χ2n) is 5.17. The molecule has 8 heteroatoms. The zero-order valence-corrected chi connectivity index (χ0v) is 13.2. The van der Waals surface area contributed by atoms with E-state index in [1.807, 2.05) is 0 Å². The fourth-order valence-electron chi connectivity index (χ4n) is 1.69. The van der Waals surface area contributed by atoms with E-state index in [1.165, 1.54) is 12.1 Å². The van der Waals surface area contributed by atoms with Crippen LogP contribution in [0.1, 0.15) is 19.4 Å². The molecule has 4 N–H and O–H groups in total. The lowest BCUT2D eigenvalue weighted by atomic mass is 10.1. The van der Waals surface area contributed by atoms with Crippen molar-refractivity contribution in [1.82, 2.24) is 4.72 Å². The summed E-state index contributed by atoms with van der Waals surface area (Å²) >= 11 is 4.72. The van der Waals surface area contributed by atoms with Gasteiger partial charge in [0, 0.05) is 23.3 Å². The lowest BCUT2D eigenvalue weighted by molar-refractivity contribution is 0.476. The van der Waals surface area contributed by atoms with Crippen LogP contribution in [0, 0.1) is 5.82 Å². The fraction of sp³-hybridized carbons (Fsp3) is 0.417. The maximum absolute atomic E-state index is 13.7. The third kappa shape index (κ3) is 5.40. The molecule has 20 heavy (non-hydrogen) atoms. The summed E-state index contributed by atoms with van der Waals surface area (Å²) in [5.41, 5.74) is 5.37. The van der Waals surface area contributed by atoms with E-state index in [0.29, 0.717) is 12.2 Å². The van der Waals surface area contributed by atoms with Crippen molar-refractivity contribution in [3.63, 3.8) is 0 Å². The van der Waals surface area contributed by atoms with Gasteiger partial charge < -0.3 is 11.1 Å². The Morgan fingerprint density at radius 2 is 2.05 bits per heavy atom. The van der Waals surface area contributed by atoms with Crippen LogP contribution < -0.4 is 15.8 Å². The van der Waals surface area contributed by atoms with Crippen molar-refractivity contribution in [3.8, 4) is 0 Å². The van der Waals surface area contributed by atoms with Crippen LogP contribution in [0.15, 0.2) is 18.2 Å². The minimum Gasteiger partial charge on any atom is -0.389 e. The van der Waals surface area contributed by atoms with Crippen LogP contribution in [0.3, 0.4) is 0 Å². The minimum absolute atomic E-state index is 0.00637. The summed E-state index contributed by atoms with van der Waals surface area (Å²) in [5, 5.41) is 2.96. The summed E-state index contributed by atoms with van der Waals surface area (Å²) in [6.45, 7) is 3.74. The number of nitrogens with one attached hydrogen (secondary N) is 2. The Morgan fingerprint density at radius 1 is 1.45 bits per heavy atom. The van der Waals surface area contributed by atoms with Gasteiger partial charge in [-0.15, -0.1) is 0 Å². The number of hydrogen-bond acceptors (Lipinski definition) is 4. The average Bonchev–Trinajstić information content (AvgIpc) is 2.22. The Morgan fingerprint density at radius 3 is 2.50 bits per heavy atom. The van der Waals surface area contributed by atoms with E-state index < -0.39 is 21.4 Å². The Bertz CT molecular complexity index is 615. The van der Waals surface area contributed by atoms with Crippen molar-refractivity contribution < 1.29 is 12.8 Å². The molecule has 0 aliphatic rings. The SMILES string of the molecule is CC(C)(CNc1ccc(C(N)=S)c(F)c1)NS(C)(=O)=O. The molecule has 0 saturated carbocycles. The molecule has 0 spiro atoms. The van der Waals surface area contributed by atoms with Crippen molar-refractivity contribution in [2.45, 2.75) is 19.4 Å². The maximum atomic E-state index is 13.7. The molecule has 0 radical (unpaired) electrons. The molecule has 0 amide bonds. The van der Waals surface area contributed by atoms with Crippen molar-refractivity contribution in [3.05, 3.63) is 29.6 Å². The fourth-order valence-corrected chi connectivity index (χ4v) is 2.93. The molecule has 5 nitrogen and oxygen atoms in total. The van der Waals surface area contributed by atoms with Gasteiger partial charge in [0.25, 0.3) is 0 Å². The van der Waals surface area contributed by atoms with Gasteiger partial charge in [0.05, 0.1) is 6.26 Å². The second kappa shape index (κ2) is 6.02. The van der Waals surface area contributed by atoms with E-state index in [4.69, 9.17) is 18.0 Å². The molecule has 112 valence electrons. The first kappa shape index (κ1) is 16.8. The second-order valence-corrected chi connectivity index (χ2v) is 7.36. The normalized spacial score (nSPS) is 12.2. The summed E-state index contributed by atoms with van der Waals surface area (Å²) in [6, 6.07) is 4.39. The highest BCUT2D eigenvalue weighted by molar-refractivity contribution is 7.88. The van der Waals surface area contributed by atoms with E-state index in [1.54, 1.807) is 19.9 Å². The predicted molar refractivity (Wildman–Crippen MR) is 82.8 cm³/mol. The number of halogens is 1. The molecule has 0 bridgehead atoms. The highest BCUT2D eigenvalue weighted by Gasteiger charge is 2.21. The summed E-state index contributed by atoms with van der Waals surface area (Å²) < 4.78 is 38.6. The molecule has 0 aliphatic heterocycles. The Labute approximate surface area is 123 Å². The largest absolute Gasteiger partial charge is 0.389 e. The molecule has 1 rings (SSSR count). The van der Waals surface area contributed by atoms with E-state index in [2.05, 4.69) is 10.0 Å². The number of nitrogens with two attached hydrogens (primary N) is 1. The summed E-state index contributed by atoms with van der Waals surface area (Å²) in [4.78, 5) is -0.00637. The first-order valence-electron chi connectivity index (χ1n) is 5.82. The van der Waals surface area contributed by atoms with Crippen molar-refractivity contribution in [2.24, 2.45) is 5.73 Å². The van der Waals surface area contributed by atoms with Crippen molar-refractivity contribution >= 4 is 32.9 Å². The molecule has 0 fully saturated rings. The van der Waals surface area contributed by atoms with Crippen LogP contribution in [0.25, 0.3) is 0 Å². The third-order valence-electron chi connectivity index (χ3n) is 2.43. The first-order valence-corrected chi connectivity index (χ1v) is 8.12. The van der Waals surface area contributed by atoms with Gasteiger partial charge in [-0.25, -0.2) is 17.5 Å². The average molecular weight is 319 g/mol. The van der Waals surface area contributed by atoms with Crippen LogP contribution in [0.4, 0.5) is 10.1 Å². The lowest BCUT2D eigenvalue weighted by Gasteiger charge is -2.26. The van der Waals surface area contributed by atoms with Crippen molar-refractivity contribution in [1.29, 1.82) is 0 Å². The van der Waals surface area contributed by atoms with Gasteiger partial charge in [0.1, 0.15) is 10.8 Å². The van der Waals surface area contributed by atoms with Crippen LogP contribution in [-0.2, 0) is 10.0 Å². The standard InChI is InChI=1S/C12H18FN3O2S2/c1-12(2,16-20(3,17)18)7-15-8-4-5-9(11(14)19)10(13)6-8/h4-6,15-16H,7H2,1-3H3,(H2,14,19). The van der Waals surface area contributed by atoms with Crippen LogP contribution in [0.5, 0.6) is 0 Å². The molecular formula is C12H18FN3O2S2. The van der Waals surface area contributed by atoms with Gasteiger partial charge in [0.15, 0.2) is 0 Å². The quantitative estimate of drug-likeness (QED) is 0.686. The Kier molecular flexibility index (Phi) is 5.06. The molecule has 0 atom stereocenters. The van der Waals surface area contributed by atoms with Gasteiger partial charge in [-0.1, -0.05) is 12.2 Å². The van der Waals surface area contributed by atoms with Gasteiger partial charge in [-0.2, -0.15) is 0 Å². The highest BCUT2D eigenvalue weighted by Crippen LogP contribution is 2.16. The van der Waals surface area contributed by atoms with Crippen LogP contribution >= 0.6 is 12.2 Å². The number of thiocarbonyl (C=S) groups is 1. The van der Waals surface area contributed by atoms with Crippen molar-refractivity contribution in [2.75, 3.05) is 18.1 Å². The van der Waals surface area contributed by atoms with E-state index in [9.17, 15) is 12.8 Å². The summed E-state index contributed by atoms with van der Waals surface area (Å²) in [7, 11) is -3.31. The first-order chi connectivity index (χ1) is 9.00. The molecule has 1 aromatic rings. The van der Waals surface area contributed by atoms with Gasteiger partial charge in [0.2, 0.25) is 10.0 Å². The third-order valence-corrected chi connectivity index (χ3v) is 3.57.